The van der Waals surface area contributed by atoms with Crippen LogP contribution in [-0.2, 0) is 9.47 Å². The molecule has 0 aromatic heterocycles. The minimum absolute atomic E-state index is 0.247. The number of hydrogen-bond acceptors (Lipinski definition) is 2. The first-order valence-corrected chi connectivity index (χ1v) is 4.99. The van der Waals surface area contributed by atoms with Gasteiger partial charge >= 0.3 is 0 Å². The average Bonchev–Trinajstić information content (AvgIpc) is 2.30. The van der Waals surface area contributed by atoms with E-state index in [-0.39, 0.29) is 18.0 Å². The largest absolute Gasteiger partial charge is 0.344 e. The van der Waals surface area contributed by atoms with E-state index in [9.17, 15) is 0 Å². The van der Waals surface area contributed by atoms with Gasteiger partial charge in [0.15, 0.2) is 5.79 Å². The van der Waals surface area contributed by atoms with Crippen molar-refractivity contribution >= 4 is 0 Å². The van der Waals surface area contributed by atoms with Gasteiger partial charge in [-0.25, -0.2) is 0 Å². The summed E-state index contributed by atoms with van der Waals surface area (Å²) in [6.07, 6.45) is 3.58. The highest BCUT2D eigenvalue weighted by atomic mass is 16.8. The molecule has 1 fully saturated rings. The predicted molar refractivity (Wildman–Crippen MR) is 49.0 cm³/mol. The summed E-state index contributed by atoms with van der Waals surface area (Å²) in [5.41, 5.74) is 0. The van der Waals surface area contributed by atoms with Crippen molar-refractivity contribution in [1.82, 2.24) is 0 Å². The molecular formula is C10H20O2. The van der Waals surface area contributed by atoms with Crippen LogP contribution in [0.25, 0.3) is 0 Å². The quantitative estimate of drug-likeness (QED) is 0.651. The monoisotopic (exact) mass is 172 g/mol. The molecule has 1 rings (SSSR count). The highest BCUT2D eigenvalue weighted by molar-refractivity contribution is 4.80. The van der Waals surface area contributed by atoms with Crippen molar-refractivity contribution in [1.29, 1.82) is 0 Å². The first-order chi connectivity index (χ1) is 5.63. The van der Waals surface area contributed by atoms with Gasteiger partial charge in [-0.15, -0.1) is 0 Å². The second-order valence-electron chi connectivity index (χ2n) is 3.66. The molecule has 1 aliphatic heterocycles. The lowest BCUT2D eigenvalue weighted by molar-refractivity contribution is -0.179. The maximum atomic E-state index is 5.83. The maximum absolute atomic E-state index is 5.83. The van der Waals surface area contributed by atoms with Gasteiger partial charge in [-0.2, -0.15) is 0 Å². The lowest BCUT2D eigenvalue weighted by atomic mass is 10.1. The molecule has 2 atom stereocenters. The van der Waals surface area contributed by atoms with Crippen LogP contribution >= 0.6 is 0 Å². The van der Waals surface area contributed by atoms with Gasteiger partial charge in [0, 0.05) is 6.42 Å². The van der Waals surface area contributed by atoms with Gasteiger partial charge in [-0.05, 0) is 20.3 Å². The molecule has 0 aliphatic carbocycles. The predicted octanol–water partition coefficient (Wildman–Crippen LogP) is 2.72. The number of rotatable bonds is 3. The smallest absolute Gasteiger partial charge is 0.168 e. The van der Waals surface area contributed by atoms with Crippen LogP contribution in [-0.4, -0.2) is 18.0 Å². The second-order valence-corrected chi connectivity index (χ2v) is 3.66. The zero-order valence-corrected chi connectivity index (χ0v) is 8.59. The van der Waals surface area contributed by atoms with Crippen molar-refractivity contribution < 1.29 is 9.47 Å². The Kier molecular flexibility index (Phi) is 3.13. The van der Waals surface area contributed by atoms with E-state index in [0.717, 1.165) is 19.3 Å². The number of ether oxygens (including phenoxy) is 2. The minimum Gasteiger partial charge on any atom is -0.344 e. The molecule has 2 heteroatoms. The van der Waals surface area contributed by atoms with Gasteiger partial charge in [0.05, 0.1) is 12.2 Å². The zero-order valence-electron chi connectivity index (χ0n) is 8.59. The van der Waals surface area contributed by atoms with Crippen LogP contribution < -0.4 is 0 Å². The van der Waals surface area contributed by atoms with Crippen LogP contribution in [0.5, 0.6) is 0 Å². The van der Waals surface area contributed by atoms with Crippen molar-refractivity contribution in [3.05, 3.63) is 0 Å². The van der Waals surface area contributed by atoms with Crippen molar-refractivity contribution in [2.45, 2.75) is 65.0 Å². The Morgan fingerprint density at radius 1 is 1.08 bits per heavy atom. The Morgan fingerprint density at radius 2 is 1.58 bits per heavy atom. The highest BCUT2D eigenvalue weighted by Crippen LogP contribution is 2.34. The molecule has 1 heterocycles. The van der Waals surface area contributed by atoms with Crippen molar-refractivity contribution in [2.24, 2.45) is 0 Å². The lowest BCUT2D eigenvalue weighted by Gasteiger charge is -2.26. The molecule has 0 amide bonds. The molecule has 0 saturated carbocycles. The van der Waals surface area contributed by atoms with Crippen LogP contribution in [0, 0.1) is 0 Å². The van der Waals surface area contributed by atoms with Crippen LogP contribution in [0.2, 0.25) is 0 Å². The van der Waals surface area contributed by atoms with Gasteiger partial charge in [0.25, 0.3) is 0 Å². The van der Waals surface area contributed by atoms with Crippen LogP contribution in [0.4, 0.5) is 0 Å². The van der Waals surface area contributed by atoms with Crippen molar-refractivity contribution in [3.63, 3.8) is 0 Å². The van der Waals surface area contributed by atoms with Crippen molar-refractivity contribution in [2.75, 3.05) is 0 Å². The first kappa shape index (κ1) is 10.0. The lowest BCUT2D eigenvalue weighted by Crippen LogP contribution is -2.29. The Bertz CT molecular complexity index is 135. The molecule has 12 heavy (non-hydrogen) atoms. The van der Waals surface area contributed by atoms with E-state index >= 15 is 0 Å². The van der Waals surface area contributed by atoms with Crippen LogP contribution in [0.15, 0.2) is 0 Å². The third-order valence-corrected chi connectivity index (χ3v) is 2.63. The summed E-state index contributed by atoms with van der Waals surface area (Å²) in [5.74, 6) is -0.270. The van der Waals surface area contributed by atoms with Gasteiger partial charge in [-0.3, -0.25) is 0 Å². The summed E-state index contributed by atoms with van der Waals surface area (Å²) in [5, 5.41) is 0. The Hall–Kier alpha value is -0.0800. The SMILES string of the molecule is CCCC1(CC)OC(C)C(C)O1. The molecule has 0 radical (unpaired) electrons. The molecule has 2 nitrogen and oxygen atoms in total. The molecule has 0 bridgehead atoms. The molecule has 72 valence electrons. The Balaban J connectivity index is 2.58. The molecule has 0 N–H and O–H groups in total. The molecular weight excluding hydrogens is 152 g/mol. The Labute approximate surface area is 75.2 Å². The number of hydrogen-bond donors (Lipinski definition) is 0. The van der Waals surface area contributed by atoms with Gasteiger partial charge < -0.3 is 9.47 Å². The fourth-order valence-corrected chi connectivity index (χ4v) is 1.74. The van der Waals surface area contributed by atoms with Crippen LogP contribution in [0.3, 0.4) is 0 Å². The maximum Gasteiger partial charge on any atom is 0.168 e. The highest BCUT2D eigenvalue weighted by Gasteiger charge is 2.41. The summed E-state index contributed by atoms with van der Waals surface area (Å²) in [6, 6.07) is 0. The standard InChI is InChI=1S/C10H20O2/c1-5-7-10(6-2)11-8(3)9(4)12-10/h8-9H,5-7H2,1-4H3. The molecule has 1 saturated heterocycles. The third-order valence-electron chi connectivity index (χ3n) is 2.63. The van der Waals surface area contributed by atoms with Gasteiger partial charge in [0.1, 0.15) is 0 Å². The molecule has 0 aromatic carbocycles. The first-order valence-electron chi connectivity index (χ1n) is 4.99. The van der Waals surface area contributed by atoms with Crippen molar-refractivity contribution in [3.8, 4) is 0 Å². The van der Waals surface area contributed by atoms with E-state index < -0.39 is 0 Å². The summed E-state index contributed by atoms with van der Waals surface area (Å²) in [7, 11) is 0. The molecule has 0 aromatic rings. The normalized spacial score (nSPS) is 42.0. The second kappa shape index (κ2) is 3.75. The minimum atomic E-state index is -0.270. The third kappa shape index (κ3) is 1.80. The summed E-state index contributed by atoms with van der Waals surface area (Å²) < 4.78 is 11.7. The molecule has 0 spiro atoms. The van der Waals surface area contributed by atoms with E-state index in [0.29, 0.717) is 0 Å². The van der Waals surface area contributed by atoms with E-state index in [4.69, 9.17) is 9.47 Å². The van der Waals surface area contributed by atoms with E-state index in [2.05, 4.69) is 27.7 Å². The van der Waals surface area contributed by atoms with Gasteiger partial charge in [-0.1, -0.05) is 20.3 Å². The molecule has 2 unspecified atom stereocenters. The Morgan fingerprint density at radius 3 is 1.92 bits per heavy atom. The van der Waals surface area contributed by atoms with Crippen LogP contribution in [0.1, 0.15) is 47.0 Å². The molecule has 1 aliphatic rings. The fraction of sp³-hybridized carbons (Fsp3) is 1.00. The van der Waals surface area contributed by atoms with E-state index in [1.165, 1.54) is 0 Å². The fourth-order valence-electron chi connectivity index (χ4n) is 1.74. The van der Waals surface area contributed by atoms with E-state index in [1.807, 2.05) is 0 Å². The summed E-state index contributed by atoms with van der Waals surface area (Å²) in [6.45, 7) is 8.45. The zero-order chi connectivity index (χ0) is 9.19. The average molecular weight is 172 g/mol. The topological polar surface area (TPSA) is 18.5 Å². The summed E-state index contributed by atoms with van der Waals surface area (Å²) in [4.78, 5) is 0. The summed E-state index contributed by atoms with van der Waals surface area (Å²) >= 11 is 0. The van der Waals surface area contributed by atoms with Gasteiger partial charge in [0.2, 0.25) is 0 Å². The van der Waals surface area contributed by atoms with E-state index in [1.54, 1.807) is 0 Å².